The monoisotopic (exact) mass is 205 g/mol. The number of amides is 1. The van der Waals surface area contributed by atoms with Crippen LogP contribution in [-0.2, 0) is 4.74 Å². The molecule has 1 aromatic carbocycles. The number of nitrogens with one attached hydrogen (secondary N) is 1. The van der Waals surface area contributed by atoms with E-state index in [2.05, 4.69) is 11.4 Å². The Labute approximate surface area is 102 Å². The first kappa shape index (κ1) is 14.1. The molecule has 3 nitrogen and oxygen atoms in total. The van der Waals surface area contributed by atoms with E-state index in [1.165, 1.54) is 0 Å². The Morgan fingerprint density at radius 2 is 2.07 bits per heavy atom. The Bertz CT molecular complexity index is 306. The van der Waals surface area contributed by atoms with Gasteiger partial charge in [0.2, 0.25) is 0 Å². The van der Waals surface area contributed by atoms with E-state index < -0.39 is 11.7 Å². The van der Waals surface area contributed by atoms with Gasteiger partial charge in [-0.3, -0.25) is 0 Å². The van der Waals surface area contributed by atoms with Crippen molar-refractivity contribution in [3.63, 3.8) is 0 Å². The largest absolute Gasteiger partial charge is 1.00 e. The van der Waals surface area contributed by atoms with Gasteiger partial charge in [-0.05, 0) is 20.8 Å². The fraction of sp³-hybridized carbons (Fsp3) is 0.364. The van der Waals surface area contributed by atoms with Gasteiger partial charge in [-0.15, -0.1) is 6.07 Å². The third-order valence-corrected chi connectivity index (χ3v) is 1.34. The summed E-state index contributed by atoms with van der Waals surface area (Å²) in [5.74, 6) is 0. The van der Waals surface area contributed by atoms with Crippen LogP contribution < -0.4 is 24.2 Å². The van der Waals surface area contributed by atoms with Gasteiger partial charge in [0, 0.05) is 0 Å². The maximum absolute atomic E-state index is 11.3. The number of para-hydroxylation sites is 1. The van der Waals surface area contributed by atoms with Crippen molar-refractivity contribution in [3.8, 4) is 0 Å². The van der Waals surface area contributed by atoms with Gasteiger partial charge in [-0.1, -0.05) is 5.69 Å². The number of rotatable bonds is 1. The summed E-state index contributed by atoms with van der Waals surface area (Å²) < 4.78 is 5.07. The molecule has 0 atom stereocenters. The van der Waals surface area contributed by atoms with Crippen molar-refractivity contribution in [3.05, 3.63) is 30.3 Å². The molecule has 0 aliphatic heterocycles. The summed E-state index contributed by atoms with van der Waals surface area (Å²) in [6.07, 6.45) is -0.458. The number of anilines is 1. The predicted molar refractivity (Wildman–Crippen MR) is 55.1 cm³/mol. The molecule has 0 heterocycles. The number of hydrogen-bond donors (Lipinski definition) is 1. The van der Waals surface area contributed by atoms with Crippen LogP contribution in [0.25, 0.3) is 0 Å². The molecule has 1 amide bonds. The first-order valence-corrected chi connectivity index (χ1v) is 4.44. The van der Waals surface area contributed by atoms with E-state index in [0.717, 1.165) is 0 Å². The molecule has 1 aromatic rings. The van der Waals surface area contributed by atoms with E-state index in [1.807, 2.05) is 32.9 Å². The van der Waals surface area contributed by atoms with E-state index >= 15 is 0 Å². The van der Waals surface area contributed by atoms with E-state index in [0.29, 0.717) is 5.69 Å². The van der Waals surface area contributed by atoms with Crippen LogP contribution in [0.5, 0.6) is 0 Å². The molecule has 1 N–H and O–H groups in total. The number of carbonyl (C=O) groups is 1. The molecule has 0 fully saturated rings. The normalized spacial score (nSPS) is 10.1. The van der Waals surface area contributed by atoms with Crippen LogP contribution in [0, 0.1) is 6.07 Å². The second kappa shape index (κ2) is 5.84. The third-order valence-electron chi connectivity index (χ3n) is 1.34. The van der Waals surface area contributed by atoms with Crippen LogP contribution in [0.1, 0.15) is 20.8 Å². The molecule has 76 valence electrons. The van der Waals surface area contributed by atoms with E-state index in [1.54, 1.807) is 12.1 Å². The van der Waals surface area contributed by atoms with Crippen LogP contribution in [0.2, 0.25) is 0 Å². The Morgan fingerprint density at radius 1 is 1.40 bits per heavy atom. The van der Waals surface area contributed by atoms with Gasteiger partial charge in [-0.25, -0.2) is 4.79 Å². The van der Waals surface area contributed by atoms with Gasteiger partial charge in [-0.2, -0.15) is 24.3 Å². The van der Waals surface area contributed by atoms with Crippen molar-refractivity contribution in [2.75, 3.05) is 5.32 Å². The number of ether oxygens (including phenoxy) is 1. The molecular formula is C11H14LiNO2. The quantitative estimate of drug-likeness (QED) is 0.511. The molecule has 0 unspecified atom stereocenters. The predicted octanol–water partition coefficient (Wildman–Crippen LogP) is -0.162. The summed E-state index contributed by atoms with van der Waals surface area (Å²) in [7, 11) is 0. The Hall–Kier alpha value is -0.913. The molecule has 0 aliphatic rings. The summed E-state index contributed by atoms with van der Waals surface area (Å²) in [4.78, 5) is 11.3. The number of carbonyl (C=O) groups excluding carboxylic acids is 1. The summed E-state index contributed by atoms with van der Waals surface area (Å²) in [6, 6.07) is 10.0. The van der Waals surface area contributed by atoms with Gasteiger partial charge >= 0.3 is 25.0 Å². The number of benzene rings is 1. The number of hydrogen-bond acceptors (Lipinski definition) is 2. The van der Waals surface area contributed by atoms with Gasteiger partial charge in [0.1, 0.15) is 5.60 Å². The molecule has 0 saturated carbocycles. The maximum Gasteiger partial charge on any atom is 1.00 e. The molecular weight excluding hydrogens is 191 g/mol. The molecule has 15 heavy (non-hydrogen) atoms. The van der Waals surface area contributed by atoms with Crippen LogP contribution in [0.4, 0.5) is 10.5 Å². The summed E-state index contributed by atoms with van der Waals surface area (Å²) in [5.41, 5.74) is 0.139. The van der Waals surface area contributed by atoms with Crippen molar-refractivity contribution >= 4 is 11.8 Å². The van der Waals surface area contributed by atoms with Crippen LogP contribution in [0.3, 0.4) is 0 Å². The zero-order chi connectivity index (χ0) is 10.6. The van der Waals surface area contributed by atoms with Crippen molar-refractivity contribution in [1.29, 1.82) is 0 Å². The zero-order valence-corrected chi connectivity index (χ0v) is 9.63. The van der Waals surface area contributed by atoms with Crippen molar-refractivity contribution in [2.45, 2.75) is 26.4 Å². The Kier molecular flexibility index (Phi) is 5.49. The Morgan fingerprint density at radius 3 is 2.53 bits per heavy atom. The zero-order valence-electron chi connectivity index (χ0n) is 9.63. The van der Waals surface area contributed by atoms with Crippen molar-refractivity contribution in [2.24, 2.45) is 0 Å². The maximum atomic E-state index is 11.3. The van der Waals surface area contributed by atoms with Gasteiger partial charge in [0.05, 0.1) is 0 Å². The third kappa shape index (κ3) is 6.22. The molecule has 0 radical (unpaired) electrons. The van der Waals surface area contributed by atoms with E-state index in [-0.39, 0.29) is 18.9 Å². The molecule has 0 aromatic heterocycles. The smallest absolute Gasteiger partial charge is 0.444 e. The first-order valence-electron chi connectivity index (χ1n) is 4.44. The molecule has 1 rings (SSSR count). The average molecular weight is 205 g/mol. The standard InChI is InChI=1S/C11H14NO2.Li/c1-11(2,3)14-10(13)12-9-7-5-4-6-8-9;/h4-7H,1-3H3,(H,12,13);/q-1;+1/i4+1,5+1,6+1,7+1,8+1,9+1;. The fourth-order valence-corrected chi connectivity index (χ4v) is 0.885. The average Bonchev–Trinajstić information content (AvgIpc) is 2.02. The van der Waals surface area contributed by atoms with Crippen LogP contribution in [0.15, 0.2) is 24.3 Å². The first-order chi connectivity index (χ1) is 6.47. The topological polar surface area (TPSA) is 38.3 Å². The van der Waals surface area contributed by atoms with Crippen LogP contribution >= 0.6 is 0 Å². The van der Waals surface area contributed by atoms with Crippen molar-refractivity contribution < 1.29 is 28.4 Å². The van der Waals surface area contributed by atoms with Gasteiger partial charge < -0.3 is 10.1 Å². The van der Waals surface area contributed by atoms with Crippen molar-refractivity contribution in [1.82, 2.24) is 0 Å². The minimum absolute atomic E-state index is 0. The minimum atomic E-state index is -0.473. The molecule has 0 aliphatic carbocycles. The summed E-state index contributed by atoms with van der Waals surface area (Å²) in [6.45, 7) is 5.46. The second-order valence-corrected chi connectivity index (χ2v) is 3.90. The molecule has 0 saturated heterocycles. The van der Waals surface area contributed by atoms with E-state index in [4.69, 9.17) is 4.74 Å². The van der Waals surface area contributed by atoms with Gasteiger partial charge in [0.25, 0.3) is 0 Å². The van der Waals surface area contributed by atoms with E-state index in [9.17, 15) is 4.79 Å². The summed E-state index contributed by atoms with van der Waals surface area (Å²) in [5, 5.41) is 2.58. The molecule has 4 heteroatoms. The SMILES string of the molecule is CC(C)(C)OC(=O)N[13c]1[13c-][13cH][13cH][13cH][13cH]1.[Li+]. The molecule has 0 spiro atoms. The molecule has 0 bridgehead atoms. The van der Waals surface area contributed by atoms with Crippen LogP contribution in [-0.4, -0.2) is 11.7 Å². The fourth-order valence-electron chi connectivity index (χ4n) is 0.885. The second-order valence-electron chi connectivity index (χ2n) is 3.90. The Balaban J connectivity index is 0.00000196. The minimum Gasteiger partial charge on any atom is -0.444 e. The summed E-state index contributed by atoms with van der Waals surface area (Å²) >= 11 is 0. The van der Waals surface area contributed by atoms with Gasteiger partial charge in [0.15, 0.2) is 0 Å².